The lowest BCUT2D eigenvalue weighted by Crippen LogP contribution is -2.39. The highest BCUT2D eigenvalue weighted by atomic mass is 35.5. The summed E-state index contributed by atoms with van der Waals surface area (Å²) in [5, 5.41) is 1.88. The molecule has 2 atom stereocenters. The largest absolute Gasteiger partial charge is 0.493 e. The summed E-state index contributed by atoms with van der Waals surface area (Å²) in [6.07, 6.45) is 4.26. The number of rotatable bonds is 12. The number of anilines is 2. The van der Waals surface area contributed by atoms with E-state index in [1.807, 2.05) is 37.3 Å². The molecule has 3 aromatic rings. The van der Waals surface area contributed by atoms with E-state index in [1.165, 1.54) is 6.92 Å². The topological polar surface area (TPSA) is 119 Å². The summed E-state index contributed by atoms with van der Waals surface area (Å²) in [7, 11) is 0. The maximum atomic E-state index is 13.4. The number of ketones is 1. The van der Waals surface area contributed by atoms with E-state index in [1.54, 1.807) is 28.9 Å². The maximum absolute atomic E-state index is 13.4. The Kier molecular flexibility index (Phi) is 10.5. The van der Waals surface area contributed by atoms with Crippen LogP contribution in [0, 0.1) is 6.92 Å². The van der Waals surface area contributed by atoms with Crippen molar-refractivity contribution in [3.8, 4) is 5.75 Å². The first-order valence-electron chi connectivity index (χ1n) is 16.0. The van der Waals surface area contributed by atoms with E-state index in [9.17, 15) is 19.2 Å². The molecule has 2 aliphatic rings. The first kappa shape index (κ1) is 33.3. The van der Waals surface area contributed by atoms with Gasteiger partial charge in [-0.2, -0.15) is 0 Å². The van der Waals surface area contributed by atoms with Gasteiger partial charge in [0.05, 0.1) is 18.2 Å². The molecule has 3 aromatic carbocycles. The van der Waals surface area contributed by atoms with Crippen molar-refractivity contribution in [2.75, 3.05) is 42.8 Å². The highest BCUT2D eigenvalue weighted by Gasteiger charge is 2.35. The molecule has 244 valence electrons. The number of likely N-dealkylation sites (tertiary alicyclic amines) is 1. The summed E-state index contributed by atoms with van der Waals surface area (Å²) in [6, 6.07) is 13.0. The molecule has 0 aliphatic carbocycles. The Morgan fingerprint density at radius 2 is 1.76 bits per heavy atom. The molecule has 0 bridgehead atoms. The van der Waals surface area contributed by atoms with E-state index >= 15 is 0 Å². The predicted molar refractivity (Wildman–Crippen MR) is 180 cm³/mol. The van der Waals surface area contributed by atoms with Crippen LogP contribution in [0.5, 0.6) is 5.75 Å². The summed E-state index contributed by atoms with van der Waals surface area (Å²) < 4.78 is 11.2. The Morgan fingerprint density at radius 3 is 2.48 bits per heavy atom. The second-order valence-corrected chi connectivity index (χ2v) is 12.6. The smallest absolute Gasteiger partial charge is 0.302 e. The van der Waals surface area contributed by atoms with Crippen molar-refractivity contribution >= 4 is 57.3 Å². The third kappa shape index (κ3) is 6.99. The van der Waals surface area contributed by atoms with Crippen molar-refractivity contribution in [2.24, 2.45) is 0 Å². The van der Waals surface area contributed by atoms with Crippen LogP contribution in [-0.4, -0.2) is 66.7 Å². The van der Waals surface area contributed by atoms with Crippen LogP contribution in [0.2, 0.25) is 0 Å². The van der Waals surface area contributed by atoms with Crippen LogP contribution >= 0.6 is 11.6 Å². The Hall–Kier alpha value is -4.11. The summed E-state index contributed by atoms with van der Waals surface area (Å²) >= 11 is 6.36. The average Bonchev–Trinajstić information content (AvgIpc) is 3.67. The minimum atomic E-state index is -0.362. The normalized spacial score (nSPS) is 17.3. The molecule has 0 saturated carbocycles. The second-order valence-electron chi connectivity index (χ2n) is 12.3. The molecule has 2 heterocycles. The molecular formula is C36H42ClN3O6. The van der Waals surface area contributed by atoms with Crippen molar-refractivity contribution in [1.82, 2.24) is 4.90 Å². The molecule has 46 heavy (non-hydrogen) atoms. The fourth-order valence-electron chi connectivity index (χ4n) is 6.66. The molecule has 2 N–H and O–H groups in total. The SMILES string of the molecule is CC(=O)OC[C@@H]1CCCN1C(=O)c1cc(C)c(OCCCCCC(=O)N2C[C@@H](CCl)c3c2cc(C(C)=O)c2ccccc32)cc1N. The predicted octanol–water partition coefficient (Wildman–Crippen LogP) is 6.41. The van der Waals surface area contributed by atoms with Crippen molar-refractivity contribution in [3.63, 3.8) is 0 Å². The number of unbranched alkanes of at least 4 members (excludes halogenated alkanes) is 2. The number of hydrogen-bond acceptors (Lipinski definition) is 7. The molecule has 0 spiro atoms. The summed E-state index contributed by atoms with van der Waals surface area (Å²) in [5.74, 6) is 0.485. The Bertz CT molecular complexity index is 1660. The zero-order valence-electron chi connectivity index (χ0n) is 26.8. The van der Waals surface area contributed by atoms with Gasteiger partial charge in [-0.1, -0.05) is 24.3 Å². The summed E-state index contributed by atoms with van der Waals surface area (Å²) in [4.78, 5) is 53.9. The van der Waals surface area contributed by atoms with Crippen molar-refractivity contribution in [3.05, 3.63) is 64.7 Å². The Balaban J connectivity index is 1.14. The number of nitrogen functional groups attached to an aromatic ring is 1. The van der Waals surface area contributed by atoms with Crippen LogP contribution in [0.4, 0.5) is 11.4 Å². The van der Waals surface area contributed by atoms with E-state index in [0.717, 1.165) is 53.3 Å². The van der Waals surface area contributed by atoms with Crippen LogP contribution in [0.15, 0.2) is 42.5 Å². The highest BCUT2D eigenvalue weighted by molar-refractivity contribution is 6.19. The van der Waals surface area contributed by atoms with Crippen molar-refractivity contribution < 1.29 is 28.7 Å². The fraction of sp³-hybridized carbons (Fsp3) is 0.444. The van der Waals surface area contributed by atoms with Crippen LogP contribution < -0.4 is 15.4 Å². The number of halogens is 1. The van der Waals surface area contributed by atoms with Gasteiger partial charge in [0, 0.05) is 61.2 Å². The number of aryl methyl sites for hydroxylation is 1. The van der Waals surface area contributed by atoms with Gasteiger partial charge in [-0.3, -0.25) is 19.2 Å². The van der Waals surface area contributed by atoms with Crippen LogP contribution in [0.25, 0.3) is 10.8 Å². The molecule has 2 amide bonds. The molecule has 0 unspecified atom stereocenters. The maximum Gasteiger partial charge on any atom is 0.302 e. The minimum Gasteiger partial charge on any atom is -0.493 e. The lowest BCUT2D eigenvalue weighted by Gasteiger charge is -2.25. The van der Waals surface area contributed by atoms with Crippen molar-refractivity contribution in [1.29, 1.82) is 0 Å². The zero-order valence-corrected chi connectivity index (χ0v) is 27.5. The number of nitrogens with two attached hydrogens (primary N) is 1. The zero-order chi connectivity index (χ0) is 33.0. The van der Waals surface area contributed by atoms with E-state index in [0.29, 0.717) is 61.0 Å². The van der Waals surface area contributed by atoms with Crippen molar-refractivity contribution in [2.45, 2.75) is 71.3 Å². The lowest BCUT2D eigenvalue weighted by molar-refractivity contribution is -0.142. The number of Topliss-reactive ketones (excluding diaryl/α,β-unsaturated/α-hetero) is 1. The number of ether oxygens (including phenoxy) is 2. The number of nitrogens with zero attached hydrogens (tertiary/aromatic N) is 2. The molecule has 1 saturated heterocycles. The molecule has 9 nitrogen and oxygen atoms in total. The van der Waals surface area contributed by atoms with Crippen LogP contribution in [0.1, 0.15) is 90.1 Å². The van der Waals surface area contributed by atoms with Gasteiger partial charge in [-0.05, 0) is 80.0 Å². The monoisotopic (exact) mass is 647 g/mol. The van der Waals surface area contributed by atoms with Gasteiger partial charge in [0.15, 0.2) is 5.78 Å². The molecule has 10 heteroatoms. The minimum absolute atomic E-state index is 0.00908. The van der Waals surface area contributed by atoms with Gasteiger partial charge in [0.2, 0.25) is 5.91 Å². The highest BCUT2D eigenvalue weighted by Crippen LogP contribution is 2.43. The molecule has 5 rings (SSSR count). The van der Waals surface area contributed by atoms with E-state index < -0.39 is 0 Å². The first-order chi connectivity index (χ1) is 22.1. The number of esters is 1. The number of hydrogen-bond donors (Lipinski definition) is 1. The number of carbonyl (C=O) groups excluding carboxylic acids is 4. The van der Waals surface area contributed by atoms with Gasteiger partial charge < -0.3 is 25.0 Å². The number of fused-ring (bicyclic) bond motifs is 3. The quantitative estimate of drug-likeness (QED) is 0.0793. The number of benzene rings is 3. The third-order valence-electron chi connectivity index (χ3n) is 9.02. The van der Waals surface area contributed by atoms with Gasteiger partial charge in [-0.15, -0.1) is 11.6 Å². The second kappa shape index (κ2) is 14.5. The van der Waals surface area contributed by atoms with Crippen LogP contribution in [-0.2, 0) is 14.3 Å². The lowest BCUT2D eigenvalue weighted by atomic mass is 9.92. The van der Waals surface area contributed by atoms with E-state index in [4.69, 9.17) is 26.8 Å². The molecule has 0 aromatic heterocycles. The fourth-order valence-corrected chi connectivity index (χ4v) is 6.91. The Morgan fingerprint density at radius 1 is 1.00 bits per heavy atom. The third-order valence-corrected chi connectivity index (χ3v) is 9.39. The molecule has 0 radical (unpaired) electrons. The van der Waals surface area contributed by atoms with Gasteiger partial charge in [-0.25, -0.2) is 0 Å². The number of carbonyl (C=O) groups is 4. The summed E-state index contributed by atoms with van der Waals surface area (Å²) in [5.41, 5.74) is 10.3. The van der Waals surface area contributed by atoms with E-state index in [2.05, 4.69) is 0 Å². The van der Waals surface area contributed by atoms with Gasteiger partial charge >= 0.3 is 5.97 Å². The average molecular weight is 648 g/mol. The number of amides is 2. The van der Waals surface area contributed by atoms with Gasteiger partial charge in [0.25, 0.3) is 5.91 Å². The molecule has 2 aliphatic heterocycles. The van der Waals surface area contributed by atoms with E-state index in [-0.39, 0.29) is 42.1 Å². The first-order valence-corrected chi connectivity index (χ1v) is 16.5. The molecular weight excluding hydrogens is 606 g/mol. The Labute approximate surface area is 274 Å². The standard InChI is InChI=1S/C36H42ClN3O6/c1-22-16-30(36(44)39-14-9-10-26(39)21-46-24(3)42)31(38)18-33(22)45-15-8-4-5-13-34(43)40-20-25(19-37)35-28-12-7-6-11-27(28)29(23(2)41)17-32(35)40/h6-7,11-12,16-18,25-26H,4-5,8-10,13-15,19-21,38H2,1-3H3/t25-,26+/m1/s1. The summed E-state index contributed by atoms with van der Waals surface area (Å²) in [6.45, 7) is 6.54. The molecule has 1 fully saturated rings. The number of alkyl halides is 1. The van der Waals surface area contributed by atoms with Gasteiger partial charge in [0.1, 0.15) is 12.4 Å². The van der Waals surface area contributed by atoms with Crippen LogP contribution in [0.3, 0.4) is 0 Å².